The molecule has 1 N–H and O–H groups in total. The summed E-state index contributed by atoms with van der Waals surface area (Å²) in [6.07, 6.45) is 3.85. The van der Waals surface area contributed by atoms with Gasteiger partial charge in [-0.1, -0.05) is 12.1 Å². The number of rotatable bonds is 4. The molecule has 1 spiro atoms. The van der Waals surface area contributed by atoms with Crippen LogP contribution in [0.2, 0.25) is 0 Å². The quantitative estimate of drug-likeness (QED) is 0.857. The maximum absolute atomic E-state index is 13.0. The summed E-state index contributed by atoms with van der Waals surface area (Å²) in [4.78, 5) is 40.2. The van der Waals surface area contributed by atoms with Gasteiger partial charge in [-0.25, -0.2) is 9.18 Å². The number of nitrogens with zero attached hydrogens (tertiary/aromatic N) is 2. The van der Waals surface area contributed by atoms with Gasteiger partial charge in [-0.15, -0.1) is 0 Å². The predicted octanol–water partition coefficient (Wildman–Crippen LogP) is 2.07. The second-order valence-corrected chi connectivity index (χ2v) is 8.48. The molecule has 2 aliphatic heterocycles. The van der Waals surface area contributed by atoms with Crippen LogP contribution >= 0.6 is 0 Å². The molecule has 150 valence electrons. The molecule has 0 bridgehead atoms. The molecule has 7 heteroatoms. The number of halogens is 1. The Morgan fingerprint density at radius 2 is 1.75 bits per heavy atom. The zero-order chi connectivity index (χ0) is 19.9. The number of aliphatic carboxylic acids is 1. The van der Waals surface area contributed by atoms with E-state index in [0.29, 0.717) is 38.9 Å². The zero-order valence-corrected chi connectivity index (χ0v) is 15.8. The normalized spacial score (nSPS) is 23.8. The fourth-order valence-corrected chi connectivity index (χ4v) is 4.55. The van der Waals surface area contributed by atoms with Gasteiger partial charge in [-0.2, -0.15) is 0 Å². The van der Waals surface area contributed by atoms with E-state index in [1.165, 1.54) is 12.1 Å². The highest BCUT2D eigenvalue weighted by molar-refractivity contribution is 5.87. The molecule has 28 heavy (non-hydrogen) atoms. The summed E-state index contributed by atoms with van der Waals surface area (Å²) in [5, 5.41) is 9.59. The maximum Gasteiger partial charge on any atom is 0.326 e. The number of carbonyl (C=O) groups excluding carboxylic acids is 2. The van der Waals surface area contributed by atoms with Crippen LogP contribution in [0.25, 0.3) is 0 Å². The molecule has 1 aromatic rings. The first-order valence-corrected chi connectivity index (χ1v) is 9.92. The summed E-state index contributed by atoms with van der Waals surface area (Å²) in [6, 6.07) is 5.20. The van der Waals surface area contributed by atoms with Gasteiger partial charge in [-0.05, 0) is 55.2 Å². The predicted molar refractivity (Wildman–Crippen MR) is 98.8 cm³/mol. The van der Waals surface area contributed by atoms with Crippen LogP contribution in [0.1, 0.15) is 37.7 Å². The van der Waals surface area contributed by atoms with Crippen molar-refractivity contribution < 1.29 is 23.9 Å². The van der Waals surface area contributed by atoms with E-state index in [9.17, 15) is 23.9 Å². The van der Waals surface area contributed by atoms with Gasteiger partial charge in [0.15, 0.2) is 0 Å². The van der Waals surface area contributed by atoms with E-state index in [-0.39, 0.29) is 35.4 Å². The first-order valence-electron chi connectivity index (χ1n) is 9.92. The number of likely N-dealkylation sites (tertiary alicyclic amines) is 2. The molecule has 1 atom stereocenters. The van der Waals surface area contributed by atoms with Crippen molar-refractivity contribution in [2.75, 3.05) is 19.6 Å². The third-order valence-corrected chi connectivity index (χ3v) is 6.45. The van der Waals surface area contributed by atoms with Gasteiger partial charge in [0.05, 0.1) is 6.42 Å². The third-order valence-electron chi connectivity index (χ3n) is 6.45. The Labute approximate surface area is 163 Å². The second kappa shape index (κ2) is 7.18. The first-order chi connectivity index (χ1) is 13.4. The number of carbonyl (C=O) groups is 3. The van der Waals surface area contributed by atoms with E-state index in [1.807, 2.05) is 0 Å². The Balaban J connectivity index is 1.37. The lowest BCUT2D eigenvalue weighted by Gasteiger charge is -2.39. The smallest absolute Gasteiger partial charge is 0.326 e. The second-order valence-electron chi connectivity index (χ2n) is 8.48. The van der Waals surface area contributed by atoms with E-state index in [0.717, 1.165) is 18.4 Å². The molecule has 1 unspecified atom stereocenters. The molecular formula is C21H25FN2O4. The van der Waals surface area contributed by atoms with Crippen LogP contribution in [0, 0.1) is 17.2 Å². The Morgan fingerprint density at radius 3 is 2.32 bits per heavy atom. The minimum Gasteiger partial charge on any atom is -0.480 e. The minimum atomic E-state index is -0.930. The first kappa shape index (κ1) is 18.9. The van der Waals surface area contributed by atoms with Gasteiger partial charge < -0.3 is 14.9 Å². The summed E-state index contributed by atoms with van der Waals surface area (Å²) in [6.45, 7) is 1.62. The van der Waals surface area contributed by atoms with Crippen molar-refractivity contribution in [3.05, 3.63) is 35.6 Å². The molecule has 1 aliphatic carbocycles. The summed E-state index contributed by atoms with van der Waals surface area (Å²) < 4.78 is 13.0. The van der Waals surface area contributed by atoms with Crippen molar-refractivity contribution in [3.8, 4) is 0 Å². The number of piperidine rings is 1. The van der Waals surface area contributed by atoms with E-state index >= 15 is 0 Å². The lowest BCUT2D eigenvalue weighted by Crippen LogP contribution is -2.45. The lowest BCUT2D eigenvalue weighted by atomic mass is 9.76. The molecule has 6 nitrogen and oxygen atoms in total. The van der Waals surface area contributed by atoms with E-state index < -0.39 is 12.0 Å². The number of amides is 2. The van der Waals surface area contributed by atoms with Gasteiger partial charge in [0.2, 0.25) is 11.8 Å². The topological polar surface area (TPSA) is 77.9 Å². The number of carboxylic acids is 1. The SMILES string of the molecule is O=C(O)C1CC2(CCN(C(=O)Cc3ccc(F)cc3)CC2)CN1C(=O)C1CC1. The molecule has 2 heterocycles. The molecular weight excluding hydrogens is 363 g/mol. The van der Waals surface area contributed by atoms with Gasteiger partial charge >= 0.3 is 5.97 Å². The van der Waals surface area contributed by atoms with Crippen molar-refractivity contribution in [1.29, 1.82) is 0 Å². The van der Waals surface area contributed by atoms with Crippen LogP contribution in [0.4, 0.5) is 4.39 Å². The molecule has 0 aromatic heterocycles. The van der Waals surface area contributed by atoms with Gasteiger partial charge in [0.25, 0.3) is 0 Å². The summed E-state index contributed by atoms with van der Waals surface area (Å²) >= 11 is 0. The van der Waals surface area contributed by atoms with E-state index in [1.54, 1.807) is 21.9 Å². The van der Waals surface area contributed by atoms with Gasteiger partial charge in [-0.3, -0.25) is 9.59 Å². The molecule has 2 amide bonds. The summed E-state index contributed by atoms with van der Waals surface area (Å²) in [5.74, 6) is -1.26. The third kappa shape index (κ3) is 3.75. The minimum absolute atomic E-state index is 0.000141. The van der Waals surface area contributed by atoms with Crippen LogP contribution in [-0.2, 0) is 20.8 Å². The molecule has 3 aliphatic rings. The maximum atomic E-state index is 13.0. The fraction of sp³-hybridized carbons (Fsp3) is 0.571. The monoisotopic (exact) mass is 388 g/mol. The largest absolute Gasteiger partial charge is 0.480 e. The Hall–Kier alpha value is -2.44. The van der Waals surface area contributed by atoms with Crippen molar-refractivity contribution in [2.24, 2.45) is 11.3 Å². The molecule has 3 fully saturated rings. The standard InChI is InChI=1S/C21H25FN2O4/c22-16-5-1-14(2-6-16)11-18(25)23-9-7-21(8-10-23)12-17(20(27)28)24(13-21)19(26)15-3-4-15/h1-2,5-6,15,17H,3-4,7-13H2,(H,27,28). The highest BCUT2D eigenvalue weighted by Gasteiger charge is 2.52. The van der Waals surface area contributed by atoms with Crippen LogP contribution < -0.4 is 0 Å². The number of carboxylic acid groups (broad SMARTS) is 1. The average molecular weight is 388 g/mol. The number of hydrogen-bond acceptors (Lipinski definition) is 3. The summed E-state index contributed by atoms with van der Waals surface area (Å²) in [7, 11) is 0. The van der Waals surface area contributed by atoms with Crippen LogP contribution in [-0.4, -0.2) is 58.4 Å². The molecule has 4 rings (SSSR count). The van der Waals surface area contributed by atoms with Crippen LogP contribution in [0.5, 0.6) is 0 Å². The zero-order valence-electron chi connectivity index (χ0n) is 15.8. The Morgan fingerprint density at radius 1 is 1.11 bits per heavy atom. The van der Waals surface area contributed by atoms with Crippen molar-refractivity contribution in [3.63, 3.8) is 0 Å². The number of benzene rings is 1. The highest BCUT2D eigenvalue weighted by atomic mass is 19.1. The Bertz CT molecular complexity index is 782. The molecule has 2 saturated heterocycles. The lowest BCUT2D eigenvalue weighted by molar-refractivity contribution is -0.148. The van der Waals surface area contributed by atoms with Crippen molar-refractivity contribution >= 4 is 17.8 Å². The van der Waals surface area contributed by atoms with Crippen molar-refractivity contribution in [2.45, 2.75) is 44.6 Å². The van der Waals surface area contributed by atoms with E-state index in [2.05, 4.69) is 0 Å². The van der Waals surface area contributed by atoms with Gasteiger partial charge in [0, 0.05) is 25.6 Å². The van der Waals surface area contributed by atoms with Crippen molar-refractivity contribution in [1.82, 2.24) is 9.80 Å². The highest BCUT2D eigenvalue weighted by Crippen LogP contribution is 2.45. The average Bonchev–Trinajstić information content (AvgIpc) is 3.46. The Kier molecular flexibility index (Phi) is 4.85. The summed E-state index contributed by atoms with van der Waals surface area (Å²) in [5.41, 5.74) is 0.569. The molecule has 0 radical (unpaired) electrons. The molecule has 1 saturated carbocycles. The molecule has 1 aromatic carbocycles. The van der Waals surface area contributed by atoms with Crippen LogP contribution in [0.15, 0.2) is 24.3 Å². The number of hydrogen-bond donors (Lipinski definition) is 1. The van der Waals surface area contributed by atoms with Crippen LogP contribution in [0.3, 0.4) is 0 Å². The van der Waals surface area contributed by atoms with E-state index in [4.69, 9.17) is 0 Å². The van der Waals surface area contributed by atoms with Gasteiger partial charge in [0.1, 0.15) is 11.9 Å². The fourth-order valence-electron chi connectivity index (χ4n) is 4.55.